The zero-order valence-corrected chi connectivity index (χ0v) is 29.0. The summed E-state index contributed by atoms with van der Waals surface area (Å²) in [6, 6.07) is 12.6. The lowest BCUT2D eigenvalue weighted by Gasteiger charge is -2.35. The number of hydrogen-bond donors (Lipinski definition) is 3. The molecular weight excluding hydrogens is 666 g/mol. The monoisotopic (exact) mass is 711 g/mol. The lowest BCUT2D eigenvalue weighted by molar-refractivity contribution is -0.0907. The molecule has 0 saturated carbocycles. The SMILES string of the molecule is CCS(=O)(=O)NCCC(C)(C)CN(C[C@@H](O)[C@H](Cc1ccccc1)NC(=O)O[C@H]1CO[C@H]2OCC[C@H]21)S(=O)(=O)c1ccc2c(c1)OCO2. The van der Waals surface area contributed by atoms with E-state index in [1.54, 1.807) is 0 Å². The third kappa shape index (κ3) is 9.16. The third-order valence-electron chi connectivity index (χ3n) is 8.79. The Morgan fingerprint density at radius 1 is 1.08 bits per heavy atom. The number of carbonyl (C=O) groups is 1. The molecule has 2 fully saturated rings. The number of nitrogens with one attached hydrogen (secondary N) is 2. The average molecular weight is 712 g/mol. The first-order valence-electron chi connectivity index (χ1n) is 16.1. The fourth-order valence-corrected chi connectivity index (χ4v) is 8.27. The highest BCUT2D eigenvalue weighted by Gasteiger charge is 2.44. The van der Waals surface area contributed by atoms with E-state index in [-0.39, 0.29) is 61.8 Å². The smallest absolute Gasteiger partial charge is 0.407 e. The Bertz CT molecular complexity index is 1620. The standard InChI is InChI=1S/C32H45N3O11S2/c1-4-47(38,39)33-14-13-32(2,3)20-35(48(40,41)23-10-11-27-28(17-23)45-21-44-27)18-26(36)25(16-22-8-6-5-7-9-22)34-31(37)46-29-19-43-30-24(29)12-15-42-30/h5-11,17,24-26,29-30,33,36H,4,12-16,18-21H2,1-3H3,(H,34,37)/t24-,25-,26+,29-,30+/m0/s1. The van der Waals surface area contributed by atoms with Crippen LogP contribution in [-0.4, -0.2) is 102 Å². The van der Waals surface area contributed by atoms with Crippen LogP contribution in [0.5, 0.6) is 11.5 Å². The summed E-state index contributed by atoms with van der Waals surface area (Å²) < 4.78 is 83.8. The molecule has 266 valence electrons. The quantitative estimate of drug-likeness (QED) is 0.233. The molecule has 48 heavy (non-hydrogen) atoms. The molecule has 0 unspecified atom stereocenters. The summed E-state index contributed by atoms with van der Waals surface area (Å²) >= 11 is 0. The average Bonchev–Trinajstić information content (AvgIpc) is 3.79. The first-order valence-corrected chi connectivity index (χ1v) is 19.1. The molecule has 5 atom stereocenters. The van der Waals surface area contributed by atoms with Crippen LogP contribution in [0.25, 0.3) is 0 Å². The maximum absolute atomic E-state index is 14.2. The molecule has 16 heteroatoms. The van der Waals surface area contributed by atoms with Crippen LogP contribution < -0.4 is 19.5 Å². The highest BCUT2D eigenvalue weighted by Crippen LogP contribution is 2.36. The maximum Gasteiger partial charge on any atom is 0.407 e. The minimum atomic E-state index is -4.25. The van der Waals surface area contributed by atoms with Crippen molar-refractivity contribution in [2.45, 2.75) is 69.5 Å². The van der Waals surface area contributed by atoms with E-state index in [1.165, 1.54) is 29.4 Å². The number of amides is 1. The summed E-state index contributed by atoms with van der Waals surface area (Å²) in [5.74, 6) is 0.532. The van der Waals surface area contributed by atoms with Crippen molar-refractivity contribution in [3.8, 4) is 11.5 Å². The summed E-state index contributed by atoms with van der Waals surface area (Å²) in [6.45, 7) is 5.50. The van der Waals surface area contributed by atoms with Gasteiger partial charge in [0.15, 0.2) is 17.8 Å². The Hall–Kier alpha value is -2.99. The van der Waals surface area contributed by atoms with Gasteiger partial charge < -0.3 is 34.1 Å². The van der Waals surface area contributed by atoms with Crippen molar-refractivity contribution in [3.05, 3.63) is 54.1 Å². The zero-order valence-electron chi connectivity index (χ0n) is 27.4. The molecule has 0 bridgehead atoms. The second-order valence-corrected chi connectivity index (χ2v) is 17.0. The van der Waals surface area contributed by atoms with Crippen LogP contribution >= 0.6 is 0 Å². The number of carbonyl (C=O) groups excluding carboxylic acids is 1. The van der Waals surface area contributed by atoms with Gasteiger partial charge in [-0.25, -0.2) is 26.4 Å². The summed E-state index contributed by atoms with van der Waals surface area (Å²) in [5.41, 5.74) is 0.0762. The van der Waals surface area contributed by atoms with Gasteiger partial charge in [-0.2, -0.15) is 4.31 Å². The van der Waals surface area contributed by atoms with E-state index in [0.29, 0.717) is 25.2 Å². The number of aliphatic hydroxyl groups excluding tert-OH is 1. The number of fused-ring (bicyclic) bond motifs is 2. The van der Waals surface area contributed by atoms with E-state index in [1.807, 2.05) is 44.2 Å². The van der Waals surface area contributed by atoms with E-state index in [9.17, 15) is 26.7 Å². The molecule has 2 aromatic carbocycles. The first kappa shape index (κ1) is 36.3. The van der Waals surface area contributed by atoms with E-state index in [0.717, 1.165) is 5.56 Å². The van der Waals surface area contributed by atoms with Crippen molar-refractivity contribution in [3.63, 3.8) is 0 Å². The summed E-state index contributed by atoms with van der Waals surface area (Å²) in [4.78, 5) is 13.1. The van der Waals surface area contributed by atoms with Crippen molar-refractivity contribution in [1.82, 2.24) is 14.3 Å². The molecule has 3 aliphatic heterocycles. The summed E-state index contributed by atoms with van der Waals surface area (Å²) in [5, 5.41) is 14.5. The molecule has 0 radical (unpaired) electrons. The predicted molar refractivity (Wildman–Crippen MR) is 174 cm³/mol. The second-order valence-electron chi connectivity index (χ2n) is 13.0. The molecule has 5 rings (SSSR count). The number of hydrogen-bond acceptors (Lipinski definition) is 11. The van der Waals surface area contributed by atoms with Crippen molar-refractivity contribution < 1.29 is 50.4 Å². The minimum absolute atomic E-state index is 0.0354. The summed E-state index contributed by atoms with van der Waals surface area (Å²) in [6.07, 6.45) is -1.87. The lowest BCUT2D eigenvalue weighted by Crippen LogP contribution is -2.52. The lowest BCUT2D eigenvalue weighted by atomic mass is 9.89. The number of benzene rings is 2. The van der Waals surface area contributed by atoms with Gasteiger partial charge in [-0.15, -0.1) is 0 Å². The van der Waals surface area contributed by atoms with Gasteiger partial charge in [0.2, 0.25) is 26.8 Å². The van der Waals surface area contributed by atoms with Gasteiger partial charge in [-0.05, 0) is 49.3 Å². The van der Waals surface area contributed by atoms with E-state index >= 15 is 0 Å². The highest BCUT2D eigenvalue weighted by molar-refractivity contribution is 7.89. The fraction of sp³-hybridized carbons (Fsp3) is 0.594. The molecule has 3 aliphatic rings. The van der Waals surface area contributed by atoms with Gasteiger partial charge >= 0.3 is 6.09 Å². The molecule has 1 amide bonds. The van der Waals surface area contributed by atoms with E-state index in [2.05, 4.69) is 10.0 Å². The Morgan fingerprint density at radius 3 is 2.58 bits per heavy atom. The third-order valence-corrected chi connectivity index (χ3v) is 12.0. The fourth-order valence-electron chi connectivity index (χ4n) is 6.00. The minimum Gasteiger partial charge on any atom is -0.454 e. The second kappa shape index (κ2) is 15.3. The number of rotatable bonds is 16. The molecule has 2 saturated heterocycles. The molecule has 2 aromatic rings. The first-order chi connectivity index (χ1) is 22.8. The Labute approximate surface area is 282 Å². The largest absolute Gasteiger partial charge is 0.454 e. The predicted octanol–water partition coefficient (Wildman–Crippen LogP) is 2.22. The Balaban J connectivity index is 1.37. The number of nitrogens with zero attached hydrogens (tertiary/aromatic N) is 1. The van der Waals surface area contributed by atoms with Crippen LogP contribution in [0.4, 0.5) is 4.79 Å². The van der Waals surface area contributed by atoms with E-state index in [4.69, 9.17) is 23.7 Å². The van der Waals surface area contributed by atoms with Gasteiger partial charge in [-0.3, -0.25) is 0 Å². The van der Waals surface area contributed by atoms with Gasteiger partial charge in [0.25, 0.3) is 0 Å². The number of aliphatic hydroxyl groups is 1. The van der Waals surface area contributed by atoms with Crippen molar-refractivity contribution in [2.75, 3.05) is 45.4 Å². The van der Waals surface area contributed by atoms with Gasteiger partial charge in [0.05, 0.1) is 41.9 Å². The molecular formula is C32H45N3O11S2. The Kier molecular flexibility index (Phi) is 11.5. The van der Waals surface area contributed by atoms with Gasteiger partial charge in [0.1, 0.15) is 6.10 Å². The zero-order chi connectivity index (χ0) is 34.5. The van der Waals surface area contributed by atoms with Gasteiger partial charge in [0, 0.05) is 25.7 Å². The number of ether oxygens (including phenoxy) is 5. The van der Waals surface area contributed by atoms with Crippen LogP contribution in [-0.2, 0) is 40.7 Å². The van der Waals surface area contributed by atoms with Crippen molar-refractivity contribution >= 4 is 26.1 Å². The highest BCUT2D eigenvalue weighted by atomic mass is 32.2. The number of sulfonamides is 2. The van der Waals surface area contributed by atoms with Gasteiger partial charge in [-0.1, -0.05) is 44.2 Å². The van der Waals surface area contributed by atoms with Crippen LogP contribution in [0, 0.1) is 11.3 Å². The van der Waals surface area contributed by atoms with Crippen molar-refractivity contribution in [1.29, 1.82) is 0 Å². The van der Waals surface area contributed by atoms with Crippen LogP contribution in [0.3, 0.4) is 0 Å². The van der Waals surface area contributed by atoms with Crippen LogP contribution in [0.15, 0.2) is 53.4 Å². The molecule has 14 nitrogen and oxygen atoms in total. The molecule has 0 aromatic heterocycles. The summed E-state index contributed by atoms with van der Waals surface area (Å²) in [7, 11) is -7.70. The van der Waals surface area contributed by atoms with Crippen LogP contribution in [0.2, 0.25) is 0 Å². The Morgan fingerprint density at radius 2 is 1.83 bits per heavy atom. The topological polar surface area (TPSA) is 179 Å². The van der Waals surface area contributed by atoms with E-state index < -0.39 is 56.1 Å². The van der Waals surface area contributed by atoms with Crippen LogP contribution in [0.1, 0.15) is 39.2 Å². The normalized spacial score (nSPS) is 22.0. The molecule has 3 heterocycles. The maximum atomic E-state index is 14.2. The molecule has 0 aliphatic carbocycles. The molecule has 0 spiro atoms. The molecule has 3 N–H and O–H groups in total. The van der Waals surface area contributed by atoms with Crippen molar-refractivity contribution in [2.24, 2.45) is 11.3 Å². The number of alkyl carbamates (subject to hydrolysis) is 1.